The van der Waals surface area contributed by atoms with Crippen molar-refractivity contribution in [1.82, 2.24) is 24.6 Å². The van der Waals surface area contributed by atoms with Crippen LogP contribution in [-0.2, 0) is 17.8 Å². The zero-order chi connectivity index (χ0) is 26.7. The lowest BCUT2D eigenvalue weighted by Gasteiger charge is -2.49. The number of piperidine rings is 1. The largest absolute Gasteiger partial charge is 0.493 e. The molecule has 0 unspecified atom stereocenters. The number of rotatable bonds is 4. The molecule has 3 aliphatic heterocycles. The van der Waals surface area contributed by atoms with Gasteiger partial charge in [0, 0.05) is 36.6 Å². The third-order valence-corrected chi connectivity index (χ3v) is 7.99. The Labute approximate surface area is 221 Å². The van der Waals surface area contributed by atoms with Crippen LogP contribution in [0, 0.1) is 5.82 Å². The molecule has 2 fully saturated rings. The number of pyridine rings is 1. The van der Waals surface area contributed by atoms with Gasteiger partial charge in [-0.3, -0.25) is 9.47 Å². The molecule has 0 saturated carbocycles. The molecule has 3 aromatic rings. The molecule has 8 nitrogen and oxygen atoms in total. The molecular weight excluding hydrogens is 528 g/mol. The van der Waals surface area contributed by atoms with Crippen LogP contribution in [0.4, 0.5) is 23.4 Å². The second-order valence-corrected chi connectivity index (χ2v) is 10.3. The highest BCUT2D eigenvalue weighted by molar-refractivity contribution is 6.30. The van der Waals surface area contributed by atoms with E-state index in [4.69, 9.17) is 21.1 Å². The number of anilines is 1. The van der Waals surface area contributed by atoms with Crippen molar-refractivity contribution in [3.05, 3.63) is 58.5 Å². The Hall–Kier alpha value is -2.96. The molecule has 202 valence electrons. The van der Waals surface area contributed by atoms with Crippen molar-refractivity contribution in [2.45, 2.75) is 43.6 Å². The summed E-state index contributed by atoms with van der Waals surface area (Å²) in [4.78, 5) is 7.64. The minimum atomic E-state index is -4.47. The van der Waals surface area contributed by atoms with Crippen LogP contribution in [0.25, 0.3) is 5.69 Å². The van der Waals surface area contributed by atoms with Crippen molar-refractivity contribution in [2.75, 3.05) is 38.3 Å². The Kier molecular flexibility index (Phi) is 6.23. The summed E-state index contributed by atoms with van der Waals surface area (Å²) in [5, 5.41) is 9.30. The highest BCUT2D eigenvalue weighted by Crippen LogP contribution is 2.44. The Morgan fingerprint density at radius 2 is 1.87 bits per heavy atom. The number of benzene rings is 1. The van der Waals surface area contributed by atoms with Crippen molar-refractivity contribution in [3.63, 3.8) is 0 Å². The van der Waals surface area contributed by atoms with E-state index in [0.29, 0.717) is 54.0 Å². The molecule has 0 spiro atoms. The van der Waals surface area contributed by atoms with Crippen LogP contribution in [0.1, 0.15) is 36.0 Å². The van der Waals surface area contributed by atoms with E-state index in [9.17, 15) is 17.6 Å². The summed E-state index contributed by atoms with van der Waals surface area (Å²) in [6, 6.07) is 6.83. The maximum absolute atomic E-state index is 14.2. The summed E-state index contributed by atoms with van der Waals surface area (Å²) in [5.74, 6) is 1.41. The van der Waals surface area contributed by atoms with Crippen LogP contribution in [-0.4, -0.2) is 69.8 Å². The molecule has 0 atom stereocenters. The number of hydrogen-bond acceptors (Lipinski definition) is 7. The van der Waals surface area contributed by atoms with Gasteiger partial charge in [0.15, 0.2) is 22.9 Å². The minimum absolute atomic E-state index is 0.0218. The minimum Gasteiger partial charge on any atom is -0.493 e. The zero-order valence-corrected chi connectivity index (χ0v) is 21.3. The van der Waals surface area contributed by atoms with E-state index < -0.39 is 30.7 Å². The molecule has 13 heteroatoms. The van der Waals surface area contributed by atoms with E-state index in [-0.39, 0.29) is 24.8 Å². The fourth-order valence-corrected chi connectivity index (χ4v) is 5.72. The van der Waals surface area contributed by atoms with Crippen LogP contribution in [0.2, 0.25) is 5.02 Å². The topological polar surface area (TPSA) is 68.5 Å². The predicted octanol–water partition coefficient (Wildman–Crippen LogP) is 4.49. The second-order valence-electron chi connectivity index (χ2n) is 9.90. The lowest BCUT2D eigenvalue weighted by atomic mass is 9.93. The summed E-state index contributed by atoms with van der Waals surface area (Å²) >= 11 is 6.28. The molecule has 38 heavy (non-hydrogen) atoms. The predicted molar refractivity (Wildman–Crippen MR) is 130 cm³/mol. The highest BCUT2D eigenvalue weighted by Gasteiger charge is 2.64. The van der Waals surface area contributed by atoms with Gasteiger partial charge in [0.1, 0.15) is 11.6 Å². The summed E-state index contributed by atoms with van der Waals surface area (Å²) in [7, 11) is 1.41. The Balaban J connectivity index is 1.31. The summed E-state index contributed by atoms with van der Waals surface area (Å²) < 4.78 is 68.5. The number of nitrogens with zero attached hydrogens (tertiary/aromatic N) is 6. The maximum Gasteiger partial charge on any atom is 0.411 e. The van der Waals surface area contributed by atoms with Gasteiger partial charge < -0.3 is 14.4 Å². The summed E-state index contributed by atoms with van der Waals surface area (Å²) in [6.07, 6.45) is -1.89. The first-order chi connectivity index (χ1) is 18.2. The molecule has 2 saturated heterocycles. The average molecular weight is 553 g/mol. The molecule has 0 amide bonds. The van der Waals surface area contributed by atoms with E-state index >= 15 is 0 Å². The van der Waals surface area contributed by atoms with Crippen LogP contribution < -0.4 is 9.64 Å². The second kappa shape index (κ2) is 9.35. The van der Waals surface area contributed by atoms with Crippen LogP contribution in [0.3, 0.4) is 0 Å². The Bertz CT molecular complexity index is 1350. The number of hydrogen-bond donors (Lipinski definition) is 0. The molecule has 6 rings (SSSR count). The van der Waals surface area contributed by atoms with Crippen molar-refractivity contribution < 1.29 is 27.0 Å². The average Bonchev–Trinajstić information content (AvgIpc) is 3.19. The first-order valence-corrected chi connectivity index (χ1v) is 12.6. The molecule has 0 radical (unpaired) electrons. The third kappa shape index (κ3) is 4.09. The van der Waals surface area contributed by atoms with Crippen LogP contribution >= 0.6 is 11.6 Å². The van der Waals surface area contributed by atoms with Crippen molar-refractivity contribution in [2.24, 2.45) is 0 Å². The van der Waals surface area contributed by atoms with Gasteiger partial charge in [-0.2, -0.15) is 13.2 Å². The monoisotopic (exact) mass is 552 g/mol. The Morgan fingerprint density at radius 1 is 1.11 bits per heavy atom. The van der Waals surface area contributed by atoms with E-state index in [2.05, 4.69) is 20.1 Å². The van der Waals surface area contributed by atoms with Crippen molar-refractivity contribution in [1.29, 1.82) is 0 Å². The fourth-order valence-electron chi connectivity index (χ4n) is 5.52. The third-order valence-electron chi connectivity index (χ3n) is 7.76. The van der Waals surface area contributed by atoms with Crippen molar-refractivity contribution in [3.8, 4) is 11.4 Å². The van der Waals surface area contributed by atoms with Gasteiger partial charge >= 0.3 is 6.18 Å². The first kappa shape index (κ1) is 25.3. The number of aromatic nitrogens is 4. The molecule has 0 aliphatic carbocycles. The van der Waals surface area contributed by atoms with Gasteiger partial charge in [-0.25, -0.2) is 9.37 Å². The van der Waals surface area contributed by atoms with Gasteiger partial charge in [0.2, 0.25) is 0 Å². The Morgan fingerprint density at radius 3 is 2.53 bits per heavy atom. The quantitative estimate of drug-likeness (QED) is 0.442. The molecular formula is C25H25ClF4N6O2. The van der Waals surface area contributed by atoms with Crippen LogP contribution in [0.5, 0.6) is 5.75 Å². The molecule has 0 N–H and O–H groups in total. The first-order valence-electron chi connectivity index (χ1n) is 12.3. The summed E-state index contributed by atoms with van der Waals surface area (Å²) in [5.41, 5.74) is -0.674. The number of fused-ring (bicyclic) bond motifs is 3. The normalized spacial score (nSPS) is 19.9. The van der Waals surface area contributed by atoms with Gasteiger partial charge in [-0.05, 0) is 36.6 Å². The number of alkyl halides is 3. The molecule has 3 aliphatic rings. The lowest BCUT2D eigenvalue weighted by molar-refractivity contribution is -0.310. The van der Waals surface area contributed by atoms with E-state index in [1.165, 1.54) is 12.0 Å². The number of methoxy groups -OCH3 is 1. The smallest absolute Gasteiger partial charge is 0.411 e. The fraction of sp³-hybridized carbons (Fsp3) is 0.480. The van der Waals surface area contributed by atoms with Crippen LogP contribution in [0.15, 0.2) is 30.5 Å². The van der Waals surface area contributed by atoms with Crippen molar-refractivity contribution >= 4 is 17.4 Å². The molecule has 0 bridgehead atoms. The standard InChI is InChI=1S/C25H25ClF4N6O2/c1-37-20-9-21(31-10-18(20)27)34-6-4-15(5-7-34)23-33-32-22-12-35(24(13-38-14-24)25(28,29)30)11-16-8-17(26)2-3-19(16)36(22)23/h2-3,8-10,15H,4-7,11-14H2,1H3. The lowest BCUT2D eigenvalue weighted by Crippen LogP contribution is -2.69. The molecule has 1 aromatic carbocycles. The molecule has 5 heterocycles. The van der Waals surface area contributed by atoms with Gasteiger partial charge in [-0.15, -0.1) is 10.2 Å². The maximum atomic E-state index is 14.2. The summed E-state index contributed by atoms with van der Waals surface area (Å²) in [6.45, 7) is 0.464. The number of ether oxygens (including phenoxy) is 2. The SMILES string of the molecule is COc1cc(N2CCC(c3nnc4n3-c3ccc(Cl)cc3CN(C3(C(F)(F)F)COC3)C4)CC2)ncc1F. The highest BCUT2D eigenvalue weighted by atomic mass is 35.5. The van der Waals surface area contributed by atoms with Gasteiger partial charge in [0.05, 0.1) is 38.8 Å². The van der Waals surface area contributed by atoms with E-state index in [1.54, 1.807) is 18.2 Å². The van der Waals surface area contributed by atoms with E-state index in [0.717, 1.165) is 11.9 Å². The zero-order valence-electron chi connectivity index (χ0n) is 20.5. The van der Waals surface area contributed by atoms with E-state index in [1.807, 2.05) is 10.6 Å². The van der Waals surface area contributed by atoms with Gasteiger partial charge in [0.25, 0.3) is 0 Å². The van der Waals surface area contributed by atoms with Gasteiger partial charge in [-0.1, -0.05) is 11.6 Å². The molecule has 2 aromatic heterocycles. The number of halogens is 5.